The van der Waals surface area contributed by atoms with Crippen molar-refractivity contribution < 1.29 is 9.59 Å². The van der Waals surface area contributed by atoms with Gasteiger partial charge in [-0.25, -0.2) is 4.99 Å². The average molecular weight is 394 g/mol. The van der Waals surface area contributed by atoms with E-state index in [0.717, 1.165) is 24.1 Å². The van der Waals surface area contributed by atoms with E-state index in [4.69, 9.17) is 4.99 Å². The molecule has 0 spiro atoms. The summed E-state index contributed by atoms with van der Waals surface area (Å²) < 4.78 is 0.978. The van der Waals surface area contributed by atoms with Crippen molar-refractivity contribution in [2.75, 3.05) is 26.2 Å². The van der Waals surface area contributed by atoms with Gasteiger partial charge in [0.15, 0.2) is 6.17 Å². The third kappa shape index (κ3) is 10.8. The van der Waals surface area contributed by atoms with Crippen LogP contribution < -0.4 is 0 Å². The van der Waals surface area contributed by atoms with E-state index in [2.05, 4.69) is 32.2 Å². The van der Waals surface area contributed by atoms with Crippen LogP contribution in [-0.4, -0.2) is 48.2 Å². The molecule has 3 heteroatoms. The largest absolute Gasteiger partial charge is 0.391 e. The minimum atomic E-state index is 0.282. The van der Waals surface area contributed by atoms with Crippen molar-refractivity contribution in [1.29, 1.82) is 0 Å². The van der Waals surface area contributed by atoms with Crippen LogP contribution in [0, 0.1) is 0 Å². The maximum absolute atomic E-state index is 9.38. The normalized spacial score (nSPS) is 21.9. The lowest BCUT2D eigenvalue weighted by atomic mass is 10.0. The summed E-state index contributed by atoms with van der Waals surface area (Å²) in [7, 11) is 0. The van der Waals surface area contributed by atoms with Gasteiger partial charge in [0, 0.05) is 6.42 Å². The lowest BCUT2D eigenvalue weighted by Crippen LogP contribution is -2.53. The molecule has 0 radical (unpaired) electrons. The summed E-state index contributed by atoms with van der Waals surface area (Å²) in [4.78, 5) is 4.72. The van der Waals surface area contributed by atoms with E-state index in [-0.39, 0.29) is 6.61 Å². The minimum absolute atomic E-state index is 0.282. The van der Waals surface area contributed by atoms with E-state index < -0.39 is 0 Å². The van der Waals surface area contributed by atoms with Gasteiger partial charge in [-0.15, -0.1) is 0 Å². The number of hydrogen-bond donors (Lipinski definition) is 1. The lowest BCUT2D eigenvalue weighted by molar-refractivity contribution is -0.936. The molecule has 0 saturated carbocycles. The number of hydrogen-bond acceptors (Lipinski definition) is 2. The van der Waals surface area contributed by atoms with Crippen LogP contribution in [0.4, 0.5) is 0 Å². The zero-order chi connectivity index (χ0) is 20.3. The molecule has 1 aliphatic heterocycles. The van der Waals surface area contributed by atoms with E-state index in [0.29, 0.717) is 6.17 Å². The van der Waals surface area contributed by atoms with Crippen molar-refractivity contribution >= 4 is 6.21 Å². The molecule has 2 atom stereocenters. The van der Waals surface area contributed by atoms with E-state index in [1.54, 1.807) is 0 Å². The van der Waals surface area contributed by atoms with Gasteiger partial charge in [-0.3, -0.25) is 4.48 Å². The van der Waals surface area contributed by atoms with E-state index in [1.807, 2.05) is 0 Å². The summed E-state index contributed by atoms with van der Waals surface area (Å²) in [6, 6.07) is 0. The summed E-state index contributed by atoms with van der Waals surface area (Å²) in [5.74, 6) is 0. The predicted molar refractivity (Wildman–Crippen MR) is 124 cm³/mol. The molecule has 0 aliphatic carbocycles. The number of allylic oxidation sites excluding steroid dienone is 2. The lowest BCUT2D eigenvalue weighted by Gasteiger charge is -2.37. The molecule has 0 fully saturated rings. The van der Waals surface area contributed by atoms with Gasteiger partial charge in [-0.1, -0.05) is 83.3 Å². The molecule has 0 aromatic rings. The van der Waals surface area contributed by atoms with E-state index >= 15 is 0 Å². The molecule has 0 bridgehead atoms. The Labute approximate surface area is 175 Å². The summed E-state index contributed by atoms with van der Waals surface area (Å²) in [6.07, 6.45) is 27.6. The molecule has 3 nitrogen and oxygen atoms in total. The maximum Gasteiger partial charge on any atom is 0.182 e. The maximum atomic E-state index is 9.38. The Bertz CT molecular complexity index is 407. The molecule has 0 aromatic heterocycles. The molecule has 0 saturated heterocycles. The Morgan fingerprint density at radius 2 is 1.43 bits per heavy atom. The first kappa shape index (κ1) is 25.4. The number of aliphatic imine (C=N–C) groups is 1. The zero-order valence-corrected chi connectivity index (χ0v) is 19.1. The highest BCUT2D eigenvalue weighted by Gasteiger charge is 2.36. The van der Waals surface area contributed by atoms with Crippen LogP contribution in [0.1, 0.15) is 110 Å². The van der Waals surface area contributed by atoms with Crippen molar-refractivity contribution in [2.45, 2.75) is 116 Å². The second kappa shape index (κ2) is 17.2. The van der Waals surface area contributed by atoms with E-state index in [9.17, 15) is 5.11 Å². The Balaban J connectivity index is 1.87. The van der Waals surface area contributed by atoms with E-state index in [1.165, 1.54) is 96.3 Å². The molecule has 1 heterocycles. The van der Waals surface area contributed by atoms with Crippen LogP contribution in [0.5, 0.6) is 0 Å². The van der Waals surface area contributed by atoms with Gasteiger partial charge in [-0.05, 0) is 32.6 Å². The topological polar surface area (TPSA) is 32.6 Å². The Morgan fingerprint density at radius 1 is 0.857 bits per heavy atom. The highest BCUT2D eigenvalue weighted by atomic mass is 16.3. The average Bonchev–Trinajstić information content (AvgIpc) is 3.11. The minimum Gasteiger partial charge on any atom is -0.391 e. The second-order valence-corrected chi connectivity index (χ2v) is 8.68. The number of rotatable bonds is 19. The quantitative estimate of drug-likeness (QED) is 0.149. The number of likely N-dealkylation sites (N-methyl/N-ethyl adjacent to an activating group) is 1. The molecule has 0 aromatic carbocycles. The highest BCUT2D eigenvalue weighted by molar-refractivity contribution is 5.60. The fraction of sp³-hybridized carbons (Fsp3) is 0.880. The standard InChI is InChI=1S/C25H49N2O/c1-3-5-6-7-8-9-10-11-12-13-14-15-16-17-18-19-20-25-26-21-22-27(25,4-2)23-24-28/h5-6,21,25,28H,3-4,7-20,22-24H2,1-2H3/q+1/b6-5+. The number of unbranched alkanes of at least 4 members (excludes halogenated alkanes) is 12. The highest BCUT2D eigenvalue weighted by Crippen LogP contribution is 2.24. The van der Waals surface area contributed by atoms with Gasteiger partial charge in [0.1, 0.15) is 13.1 Å². The molecule has 0 amide bonds. The van der Waals surface area contributed by atoms with Crippen molar-refractivity contribution in [1.82, 2.24) is 0 Å². The van der Waals surface area contributed by atoms with Gasteiger partial charge in [0.25, 0.3) is 0 Å². The number of aliphatic hydroxyl groups is 1. The smallest absolute Gasteiger partial charge is 0.182 e. The third-order valence-electron chi connectivity index (χ3n) is 6.52. The van der Waals surface area contributed by atoms with Crippen LogP contribution in [0.25, 0.3) is 0 Å². The number of nitrogens with zero attached hydrogens (tertiary/aromatic N) is 2. The van der Waals surface area contributed by atoms with Crippen LogP contribution in [0.3, 0.4) is 0 Å². The molecule has 2 unspecified atom stereocenters. The van der Waals surface area contributed by atoms with Gasteiger partial charge in [-0.2, -0.15) is 0 Å². The van der Waals surface area contributed by atoms with Crippen LogP contribution in [-0.2, 0) is 0 Å². The Kier molecular flexibility index (Phi) is 15.6. The Morgan fingerprint density at radius 3 is 1.96 bits per heavy atom. The summed E-state index contributed by atoms with van der Waals surface area (Å²) in [5.41, 5.74) is 0. The van der Waals surface area contributed by atoms with Gasteiger partial charge < -0.3 is 5.11 Å². The van der Waals surface area contributed by atoms with Crippen molar-refractivity contribution in [3.8, 4) is 0 Å². The fourth-order valence-electron chi connectivity index (χ4n) is 4.52. The van der Waals surface area contributed by atoms with Gasteiger partial charge in [0.05, 0.1) is 19.4 Å². The first-order valence-electron chi connectivity index (χ1n) is 12.4. The molecule has 1 aliphatic rings. The summed E-state index contributed by atoms with van der Waals surface area (Å²) in [6.45, 7) is 7.68. The fourth-order valence-corrected chi connectivity index (χ4v) is 4.52. The number of quaternary nitrogens is 1. The molecular formula is C25H49N2O+. The molecule has 28 heavy (non-hydrogen) atoms. The molecule has 1 N–H and O–H groups in total. The van der Waals surface area contributed by atoms with Crippen LogP contribution in [0.2, 0.25) is 0 Å². The molecule has 164 valence electrons. The van der Waals surface area contributed by atoms with Crippen LogP contribution >= 0.6 is 0 Å². The SMILES string of the molecule is CC/C=C/CCCCCCCCCCCCCCC1N=CC[N+]1(CC)CCO. The predicted octanol–water partition coefficient (Wildman–Crippen LogP) is 6.65. The van der Waals surface area contributed by atoms with Gasteiger partial charge in [0.2, 0.25) is 0 Å². The monoisotopic (exact) mass is 393 g/mol. The van der Waals surface area contributed by atoms with Gasteiger partial charge >= 0.3 is 0 Å². The third-order valence-corrected chi connectivity index (χ3v) is 6.52. The molecule has 1 rings (SSSR count). The second-order valence-electron chi connectivity index (χ2n) is 8.68. The van der Waals surface area contributed by atoms with Crippen molar-refractivity contribution in [2.24, 2.45) is 4.99 Å². The summed E-state index contributed by atoms with van der Waals surface area (Å²) >= 11 is 0. The molecular weight excluding hydrogens is 344 g/mol. The van der Waals surface area contributed by atoms with Crippen molar-refractivity contribution in [3.63, 3.8) is 0 Å². The van der Waals surface area contributed by atoms with Crippen molar-refractivity contribution in [3.05, 3.63) is 12.2 Å². The number of aliphatic hydroxyl groups excluding tert-OH is 1. The Hall–Kier alpha value is -0.670. The summed E-state index contributed by atoms with van der Waals surface area (Å²) in [5, 5.41) is 9.38. The first-order valence-corrected chi connectivity index (χ1v) is 12.4. The first-order chi connectivity index (χ1) is 13.8. The zero-order valence-electron chi connectivity index (χ0n) is 19.1. The van der Waals surface area contributed by atoms with Crippen LogP contribution in [0.15, 0.2) is 17.1 Å².